The summed E-state index contributed by atoms with van der Waals surface area (Å²) >= 11 is 1.35. The second kappa shape index (κ2) is 6.00. The Morgan fingerprint density at radius 2 is 2.22 bits per heavy atom. The quantitative estimate of drug-likeness (QED) is 0.869. The van der Waals surface area contributed by atoms with Crippen LogP contribution in [0.1, 0.15) is 23.5 Å². The van der Waals surface area contributed by atoms with Crippen LogP contribution in [0.4, 0.5) is 11.6 Å². The van der Waals surface area contributed by atoms with Gasteiger partial charge in [-0.2, -0.15) is 0 Å². The van der Waals surface area contributed by atoms with Gasteiger partial charge < -0.3 is 10.5 Å². The maximum absolute atomic E-state index is 12.7. The molecule has 0 aliphatic carbocycles. The summed E-state index contributed by atoms with van der Waals surface area (Å²) in [5, 5.41) is 1.83. The molecule has 6 nitrogen and oxygen atoms in total. The fourth-order valence-electron chi connectivity index (χ4n) is 2.41. The summed E-state index contributed by atoms with van der Waals surface area (Å²) in [5.74, 6) is 0.626. The summed E-state index contributed by atoms with van der Waals surface area (Å²) < 4.78 is 5.75. The predicted molar refractivity (Wildman–Crippen MR) is 88.9 cm³/mol. The van der Waals surface area contributed by atoms with Crippen LogP contribution in [0.5, 0.6) is 5.75 Å². The molecule has 0 radical (unpaired) electrons. The number of pyridine rings is 1. The van der Waals surface area contributed by atoms with E-state index in [9.17, 15) is 9.59 Å². The Kier molecular flexibility index (Phi) is 4.04. The highest BCUT2D eigenvalue weighted by molar-refractivity contribution is 7.12. The van der Waals surface area contributed by atoms with Crippen molar-refractivity contribution in [2.45, 2.75) is 20.0 Å². The van der Waals surface area contributed by atoms with E-state index in [0.717, 1.165) is 0 Å². The van der Waals surface area contributed by atoms with Crippen molar-refractivity contribution < 1.29 is 14.3 Å². The molecule has 1 aliphatic rings. The number of Topliss-reactive ketones (excluding diaryl/α,β-unsaturated/α-hetero) is 1. The molecule has 1 unspecified atom stereocenters. The number of nitrogens with two attached hydrogens (primary N) is 1. The molecular weight excluding hydrogens is 314 g/mol. The van der Waals surface area contributed by atoms with E-state index in [2.05, 4.69) is 4.98 Å². The molecule has 0 aromatic carbocycles. The fraction of sp³-hybridized carbons (Fsp3) is 0.312. The normalized spacial score (nSPS) is 17.1. The maximum atomic E-state index is 12.7. The summed E-state index contributed by atoms with van der Waals surface area (Å²) in [6, 6.07) is 6.85. The van der Waals surface area contributed by atoms with Gasteiger partial charge in [-0.25, -0.2) is 4.98 Å². The number of nitrogen functional groups attached to an aromatic ring is 1. The number of aromatic nitrogens is 1. The monoisotopic (exact) mass is 331 g/mol. The van der Waals surface area contributed by atoms with E-state index in [4.69, 9.17) is 10.5 Å². The Balaban J connectivity index is 1.97. The molecule has 1 amide bonds. The van der Waals surface area contributed by atoms with Gasteiger partial charge in [-0.05, 0) is 29.5 Å². The van der Waals surface area contributed by atoms with Crippen LogP contribution >= 0.6 is 11.3 Å². The van der Waals surface area contributed by atoms with Crippen LogP contribution in [0.25, 0.3) is 0 Å². The van der Waals surface area contributed by atoms with E-state index in [-0.39, 0.29) is 30.0 Å². The van der Waals surface area contributed by atoms with Crippen LogP contribution in [-0.4, -0.2) is 29.3 Å². The number of carbonyl (C=O) groups excluding carboxylic acids is 2. The minimum atomic E-state index is -0.635. The van der Waals surface area contributed by atoms with Crippen molar-refractivity contribution in [1.82, 2.24) is 4.98 Å². The third-order valence-corrected chi connectivity index (χ3v) is 4.49. The van der Waals surface area contributed by atoms with Gasteiger partial charge >= 0.3 is 0 Å². The SMILES string of the molecule is CC(C)C1Oc2ccc(N)nc2N(CC(=O)c2cccs2)C1=O. The van der Waals surface area contributed by atoms with Crippen molar-refractivity contribution in [2.24, 2.45) is 5.92 Å². The first-order chi connectivity index (χ1) is 11.0. The second-order valence-corrected chi connectivity index (χ2v) is 6.61. The summed E-state index contributed by atoms with van der Waals surface area (Å²) in [6.45, 7) is 3.73. The first kappa shape index (κ1) is 15.5. The average molecular weight is 331 g/mol. The van der Waals surface area contributed by atoms with Gasteiger partial charge in [0.1, 0.15) is 5.82 Å². The van der Waals surface area contributed by atoms with Gasteiger partial charge in [0.15, 0.2) is 23.5 Å². The van der Waals surface area contributed by atoms with E-state index in [1.54, 1.807) is 24.3 Å². The molecule has 2 aromatic rings. The molecule has 0 spiro atoms. The topological polar surface area (TPSA) is 85.5 Å². The number of anilines is 2. The Labute approximate surface area is 137 Å². The van der Waals surface area contributed by atoms with Crippen LogP contribution in [0, 0.1) is 5.92 Å². The van der Waals surface area contributed by atoms with Gasteiger partial charge in [0.05, 0.1) is 11.4 Å². The molecule has 1 atom stereocenters. The highest BCUT2D eigenvalue weighted by Crippen LogP contribution is 2.34. The molecule has 7 heteroatoms. The van der Waals surface area contributed by atoms with Crippen LogP contribution in [0.2, 0.25) is 0 Å². The number of thiophene rings is 1. The molecular formula is C16H17N3O3S. The van der Waals surface area contributed by atoms with Crippen molar-refractivity contribution in [3.05, 3.63) is 34.5 Å². The molecule has 0 saturated heterocycles. The zero-order valence-electron chi connectivity index (χ0n) is 12.9. The number of hydrogen-bond donors (Lipinski definition) is 1. The Hall–Kier alpha value is -2.41. The van der Waals surface area contributed by atoms with Gasteiger partial charge in [0.25, 0.3) is 5.91 Å². The van der Waals surface area contributed by atoms with Crippen LogP contribution in [0.3, 0.4) is 0 Å². The van der Waals surface area contributed by atoms with Crippen molar-refractivity contribution in [2.75, 3.05) is 17.2 Å². The highest BCUT2D eigenvalue weighted by atomic mass is 32.1. The Bertz CT molecular complexity index is 743. The molecule has 120 valence electrons. The Morgan fingerprint density at radius 3 is 2.87 bits per heavy atom. The third-order valence-electron chi connectivity index (χ3n) is 3.58. The lowest BCUT2D eigenvalue weighted by atomic mass is 10.0. The predicted octanol–water partition coefficient (Wildman–Crippen LogP) is 2.36. The fourth-order valence-corrected chi connectivity index (χ4v) is 3.07. The molecule has 0 fully saturated rings. The zero-order valence-corrected chi connectivity index (χ0v) is 13.7. The second-order valence-electron chi connectivity index (χ2n) is 5.67. The average Bonchev–Trinajstić information content (AvgIpc) is 3.04. The van der Waals surface area contributed by atoms with Crippen molar-refractivity contribution >= 4 is 34.7 Å². The van der Waals surface area contributed by atoms with Crippen molar-refractivity contribution in [3.63, 3.8) is 0 Å². The molecule has 3 heterocycles. The number of fused-ring (bicyclic) bond motifs is 1. The minimum absolute atomic E-state index is 0.0208. The number of hydrogen-bond acceptors (Lipinski definition) is 6. The number of ketones is 1. The van der Waals surface area contributed by atoms with Gasteiger partial charge in [0.2, 0.25) is 0 Å². The number of rotatable bonds is 4. The first-order valence-electron chi connectivity index (χ1n) is 7.28. The Morgan fingerprint density at radius 1 is 1.43 bits per heavy atom. The molecule has 1 aliphatic heterocycles. The van der Waals surface area contributed by atoms with Crippen molar-refractivity contribution in [3.8, 4) is 5.75 Å². The maximum Gasteiger partial charge on any atom is 0.270 e. The van der Waals surface area contributed by atoms with Gasteiger partial charge in [0, 0.05) is 0 Å². The smallest absolute Gasteiger partial charge is 0.270 e. The molecule has 2 N–H and O–H groups in total. The van der Waals surface area contributed by atoms with Gasteiger partial charge in [-0.1, -0.05) is 19.9 Å². The van der Waals surface area contributed by atoms with E-state index < -0.39 is 6.10 Å². The molecule has 2 aromatic heterocycles. The first-order valence-corrected chi connectivity index (χ1v) is 8.16. The van der Waals surface area contributed by atoms with Gasteiger partial charge in [-0.3, -0.25) is 14.5 Å². The number of ether oxygens (including phenoxy) is 1. The third kappa shape index (κ3) is 2.92. The molecule has 0 bridgehead atoms. The number of nitrogens with zero attached hydrogens (tertiary/aromatic N) is 2. The van der Waals surface area contributed by atoms with E-state index in [1.807, 2.05) is 19.2 Å². The minimum Gasteiger partial charge on any atom is -0.476 e. The summed E-state index contributed by atoms with van der Waals surface area (Å²) in [7, 11) is 0. The van der Waals surface area contributed by atoms with Crippen LogP contribution in [-0.2, 0) is 4.79 Å². The van der Waals surface area contributed by atoms with E-state index in [1.165, 1.54) is 16.2 Å². The lowest BCUT2D eigenvalue weighted by Gasteiger charge is -2.34. The summed E-state index contributed by atoms with van der Waals surface area (Å²) in [5.41, 5.74) is 5.72. The number of carbonyl (C=O) groups is 2. The standard InChI is InChI=1S/C16H17N3O3S/c1-9(2)14-16(21)19(8-10(20)12-4-3-7-23-12)15-11(22-14)5-6-13(17)18-15/h3-7,9,14H,8H2,1-2H3,(H2,17,18). The van der Waals surface area contributed by atoms with Crippen molar-refractivity contribution in [1.29, 1.82) is 0 Å². The molecule has 3 rings (SSSR count). The lowest BCUT2D eigenvalue weighted by Crippen LogP contribution is -2.50. The summed E-state index contributed by atoms with van der Waals surface area (Å²) in [4.78, 5) is 31.3. The largest absolute Gasteiger partial charge is 0.476 e. The van der Waals surface area contributed by atoms with Crippen LogP contribution in [0.15, 0.2) is 29.6 Å². The summed E-state index contributed by atoms with van der Waals surface area (Å²) in [6.07, 6.45) is -0.635. The zero-order chi connectivity index (χ0) is 16.6. The molecule has 0 saturated carbocycles. The van der Waals surface area contributed by atoms with E-state index in [0.29, 0.717) is 16.4 Å². The molecule has 23 heavy (non-hydrogen) atoms. The van der Waals surface area contributed by atoms with Crippen LogP contribution < -0.4 is 15.4 Å². The van der Waals surface area contributed by atoms with Gasteiger partial charge in [-0.15, -0.1) is 11.3 Å². The lowest BCUT2D eigenvalue weighted by molar-refractivity contribution is -0.128. The van der Waals surface area contributed by atoms with E-state index >= 15 is 0 Å². The highest BCUT2D eigenvalue weighted by Gasteiger charge is 2.38. The number of amides is 1.